The van der Waals surface area contributed by atoms with Crippen molar-refractivity contribution >= 4 is 24.2 Å². The largest absolute Gasteiger partial charge is 0.443 e. The Morgan fingerprint density at radius 2 is 1.55 bits per heavy atom. The van der Waals surface area contributed by atoms with Gasteiger partial charge in [-0.1, -0.05) is 44.2 Å². The van der Waals surface area contributed by atoms with E-state index in [9.17, 15) is 9.59 Å². The van der Waals surface area contributed by atoms with Crippen molar-refractivity contribution in [1.82, 2.24) is 9.80 Å². The van der Waals surface area contributed by atoms with Crippen molar-refractivity contribution in [1.29, 1.82) is 0 Å². The summed E-state index contributed by atoms with van der Waals surface area (Å²) in [5.41, 5.74) is 0.222. The number of nitrogens with zero attached hydrogens (tertiary/aromatic N) is 3. The van der Waals surface area contributed by atoms with E-state index in [4.69, 9.17) is 9.47 Å². The van der Waals surface area contributed by atoms with E-state index in [-0.39, 0.29) is 17.9 Å². The quantitative estimate of drug-likeness (QED) is 0.618. The van der Waals surface area contributed by atoms with E-state index in [1.807, 2.05) is 48.4 Å². The van der Waals surface area contributed by atoms with Gasteiger partial charge in [0.2, 0.25) is 5.96 Å². The molecule has 2 rings (SSSR count). The van der Waals surface area contributed by atoms with Crippen molar-refractivity contribution < 1.29 is 19.1 Å². The second-order valence-corrected chi connectivity index (χ2v) is 9.99. The summed E-state index contributed by atoms with van der Waals surface area (Å²) in [5.74, 6) is 0.320. The molecule has 1 aliphatic heterocycles. The molecule has 0 radical (unpaired) electrons. The highest BCUT2D eigenvalue weighted by Gasteiger charge is 2.45. The summed E-state index contributed by atoms with van der Waals surface area (Å²) in [4.78, 5) is 33.1. The molecule has 0 saturated carbocycles. The Bertz CT molecular complexity index is 861. The molecule has 1 aromatic rings. The fourth-order valence-corrected chi connectivity index (χ4v) is 3.38. The molecular formula is C24H35N3O4. The first-order valence-corrected chi connectivity index (χ1v) is 10.5. The third-order valence-corrected chi connectivity index (χ3v) is 4.40. The van der Waals surface area contributed by atoms with E-state index >= 15 is 0 Å². The number of hydrogen-bond donors (Lipinski definition) is 0. The van der Waals surface area contributed by atoms with Crippen LogP contribution in [0.4, 0.5) is 9.59 Å². The number of hydrogen-bond acceptors (Lipinski definition) is 4. The predicted octanol–water partition coefficient (Wildman–Crippen LogP) is 5.53. The average molecular weight is 430 g/mol. The number of ether oxygens (including phenoxy) is 2. The summed E-state index contributed by atoms with van der Waals surface area (Å²) in [7, 11) is 1.82. The van der Waals surface area contributed by atoms with Crippen LogP contribution in [0.2, 0.25) is 0 Å². The highest BCUT2D eigenvalue weighted by molar-refractivity contribution is 6.03. The van der Waals surface area contributed by atoms with Crippen molar-refractivity contribution in [3.63, 3.8) is 0 Å². The lowest BCUT2D eigenvalue weighted by Crippen LogP contribution is -2.40. The molecular weight excluding hydrogens is 394 g/mol. The molecule has 0 aromatic heterocycles. The molecule has 170 valence electrons. The summed E-state index contributed by atoms with van der Waals surface area (Å²) >= 11 is 0. The number of guanidine groups is 1. The molecule has 1 aliphatic rings. The van der Waals surface area contributed by atoms with E-state index in [0.29, 0.717) is 5.70 Å². The first-order chi connectivity index (χ1) is 14.2. The van der Waals surface area contributed by atoms with Crippen molar-refractivity contribution in [2.24, 2.45) is 10.9 Å². The summed E-state index contributed by atoms with van der Waals surface area (Å²) in [6, 6.07) is 9.53. The highest BCUT2D eigenvalue weighted by Crippen LogP contribution is 2.33. The number of likely N-dealkylation sites (N-methyl/N-ethyl adjacent to an activating group) is 1. The van der Waals surface area contributed by atoms with Gasteiger partial charge in [-0.3, -0.25) is 0 Å². The maximum atomic E-state index is 13.3. The maximum Gasteiger partial charge on any atom is 0.437 e. The van der Waals surface area contributed by atoms with Crippen LogP contribution in [-0.2, 0) is 9.47 Å². The van der Waals surface area contributed by atoms with Gasteiger partial charge in [-0.05, 0) is 59.1 Å². The lowest BCUT2D eigenvalue weighted by Gasteiger charge is -2.25. The van der Waals surface area contributed by atoms with E-state index < -0.39 is 23.4 Å². The minimum Gasteiger partial charge on any atom is -0.443 e. The number of carbonyl (C=O) groups is 2. The second kappa shape index (κ2) is 9.12. The number of benzene rings is 1. The minimum atomic E-state index is -0.758. The molecule has 2 amide bonds. The van der Waals surface area contributed by atoms with E-state index in [1.165, 1.54) is 4.90 Å². The molecule has 0 N–H and O–H groups in total. The van der Waals surface area contributed by atoms with E-state index in [0.717, 1.165) is 5.56 Å². The number of aliphatic imine (C=N–C) groups is 1. The SMILES string of the molecule is CC(C)C1/C(=C/c2ccccc2)N(C(=O)OC(C)(C)C)/C(=N/C(=O)OC(C)(C)C)N1C. The molecule has 1 atom stereocenters. The Morgan fingerprint density at radius 1 is 1.00 bits per heavy atom. The predicted molar refractivity (Wildman–Crippen MR) is 123 cm³/mol. The Kier molecular flexibility index (Phi) is 7.19. The molecule has 1 aromatic carbocycles. The van der Waals surface area contributed by atoms with Crippen LogP contribution in [0.25, 0.3) is 6.08 Å². The van der Waals surface area contributed by atoms with Gasteiger partial charge >= 0.3 is 12.2 Å². The van der Waals surface area contributed by atoms with Crippen LogP contribution in [0.15, 0.2) is 41.0 Å². The zero-order valence-corrected chi connectivity index (χ0v) is 20.1. The van der Waals surface area contributed by atoms with Gasteiger partial charge < -0.3 is 14.4 Å². The summed E-state index contributed by atoms with van der Waals surface area (Å²) < 4.78 is 11.0. The molecule has 0 bridgehead atoms. The van der Waals surface area contributed by atoms with Crippen LogP contribution in [-0.4, -0.2) is 52.2 Å². The molecule has 0 spiro atoms. The minimum absolute atomic E-state index is 0.135. The van der Waals surface area contributed by atoms with Gasteiger partial charge in [0, 0.05) is 7.05 Å². The lowest BCUT2D eigenvalue weighted by atomic mass is 9.99. The molecule has 7 heteroatoms. The fourth-order valence-electron chi connectivity index (χ4n) is 3.38. The zero-order valence-electron chi connectivity index (χ0n) is 20.1. The van der Waals surface area contributed by atoms with Gasteiger partial charge in [0.25, 0.3) is 0 Å². The van der Waals surface area contributed by atoms with Crippen LogP contribution < -0.4 is 0 Å². The third kappa shape index (κ3) is 6.57. The van der Waals surface area contributed by atoms with Crippen molar-refractivity contribution in [3.8, 4) is 0 Å². The van der Waals surface area contributed by atoms with Crippen molar-refractivity contribution in [3.05, 3.63) is 41.6 Å². The first kappa shape index (κ1) is 24.4. The van der Waals surface area contributed by atoms with E-state index in [1.54, 1.807) is 41.5 Å². The normalized spacial score (nSPS) is 20.0. The molecule has 7 nitrogen and oxygen atoms in total. The topological polar surface area (TPSA) is 71.4 Å². The molecule has 1 saturated heterocycles. The second-order valence-electron chi connectivity index (χ2n) is 9.99. The van der Waals surface area contributed by atoms with Crippen LogP contribution in [0.5, 0.6) is 0 Å². The van der Waals surface area contributed by atoms with Crippen LogP contribution in [0, 0.1) is 5.92 Å². The molecule has 1 heterocycles. The average Bonchev–Trinajstić information content (AvgIpc) is 2.84. The number of rotatable bonds is 2. The van der Waals surface area contributed by atoms with Gasteiger partial charge in [0.1, 0.15) is 11.2 Å². The van der Waals surface area contributed by atoms with Crippen LogP contribution >= 0.6 is 0 Å². The van der Waals surface area contributed by atoms with E-state index in [2.05, 4.69) is 18.8 Å². The summed E-state index contributed by atoms with van der Waals surface area (Å²) in [5, 5.41) is 0. The number of amides is 2. The smallest absolute Gasteiger partial charge is 0.437 e. The van der Waals surface area contributed by atoms with Gasteiger partial charge in [-0.15, -0.1) is 4.99 Å². The summed E-state index contributed by atoms with van der Waals surface area (Å²) in [6.07, 6.45) is 0.584. The van der Waals surface area contributed by atoms with Gasteiger partial charge in [0.15, 0.2) is 0 Å². The van der Waals surface area contributed by atoms with Gasteiger partial charge in [0.05, 0.1) is 11.7 Å². The Balaban J connectivity index is 2.62. The Morgan fingerprint density at radius 3 is 2.03 bits per heavy atom. The monoisotopic (exact) mass is 429 g/mol. The first-order valence-electron chi connectivity index (χ1n) is 10.5. The Hall–Kier alpha value is -2.83. The third-order valence-electron chi connectivity index (χ3n) is 4.40. The van der Waals surface area contributed by atoms with Crippen LogP contribution in [0.3, 0.4) is 0 Å². The zero-order chi connectivity index (χ0) is 23.6. The molecule has 0 aliphatic carbocycles. The van der Waals surface area contributed by atoms with Gasteiger partial charge in [-0.25, -0.2) is 14.5 Å². The number of carbonyl (C=O) groups excluding carboxylic acids is 2. The van der Waals surface area contributed by atoms with Crippen molar-refractivity contribution in [2.45, 2.75) is 72.6 Å². The van der Waals surface area contributed by atoms with Crippen molar-refractivity contribution in [2.75, 3.05) is 7.05 Å². The molecule has 1 fully saturated rings. The highest BCUT2D eigenvalue weighted by atomic mass is 16.6. The summed E-state index contributed by atoms with van der Waals surface area (Å²) in [6.45, 7) is 14.8. The lowest BCUT2D eigenvalue weighted by molar-refractivity contribution is 0.0414. The Labute approximate surface area is 185 Å². The van der Waals surface area contributed by atoms with Gasteiger partial charge in [-0.2, -0.15) is 0 Å². The van der Waals surface area contributed by atoms with Crippen LogP contribution in [0.1, 0.15) is 61.0 Å². The molecule has 1 unspecified atom stereocenters. The maximum absolute atomic E-state index is 13.3. The molecule has 31 heavy (non-hydrogen) atoms. The fraction of sp³-hybridized carbons (Fsp3) is 0.542. The standard InChI is InChI=1S/C24H35N3O4/c1-16(2)19-18(15-17-13-11-10-12-14-17)27(22(29)31-24(6,7)8)20(26(19)9)25-21(28)30-23(3,4)5/h10-16,19H,1-9H3/b18-15-,25-20+.